The number of hydrogen-bond donors (Lipinski definition) is 1. The Kier molecular flexibility index (Phi) is 9.94. The third-order valence-electron chi connectivity index (χ3n) is 6.51. The summed E-state index contributed by atoms with van der Waals surface area (Å²) in [5.41, 5.74) is -2.09. The molecular formula is C29H28ClF4N4O6S-. The largest absolute Gasteiger partial charge is 0.755 e. The molecule has 1 aliphatic rings. The second-order valence-electron chi connectivity index (χ2n) is 11.1. The summed E-state index contributed by atoms with van der Waals surface area (Å²) < 4.78 is 91.1. The summed E-state index contributed by atoms with van der Waals surface area (Å²) in [7, 11) is 0. The Morgan fingerprint density at radius 3 is 2.47 bits per heavy atom. The summed E-state index contributed by atoms with van der Waals surface area (Å²) >= 11 is 3.07. The molecule has 0 bridgehead atoms. The van der Waals surface area contributed by atoms with Crippen LogP contribution in [0.3, 0.4) is 0 Å². The minimum atomic E-state index is -4.88. The van der Waals surface area contributed by atoms with E-state index in [-0.39, 0.29) is 47.9 Å². The summed E-state index contributed by atoms with van der Waals surface area (Å²) in [6.07, 6.45) is -3.97. The average molecular weight is 672 g/mol. The first-order chi connectivity index (χ1) is 20.9. The van der Waals surface area contributed by atoms with Crippen LogP contribution < -0.4 is 14.4 Å². The van der Waals surface area contributed by atoms with Crippen LogP contribution in [0.25, 0.3) is 0 Å². The van der Waals surface area contributed by atoms with Crippen molar-refractivity contribution in [2.75, 3.05) is 22.7 Å². The van der Waals surface area contributed by atoms with Gasteiger partial charge in [0.15, 0.2) is 0 Å². The Morgan fingerprint density at radius 1 is 1.13 bits per heavy atom. The fourth-order valence-electron chi connectivity index (χ4n) is 4.50. The van der Waals surface area contributed by atoms with E-state index >= 15 is 0 Å². The molecule has 0 aliphatic carbocycles. The number of aromatic nitrogens is 1. The number of hydrogen-bond acceptors (Lipinski definition) is 7. The van der Waals surface area contributed by atoms with E-state index in [1.807, 2.05) is 0 Å². The van der Waals surface area contributed by atoms with E-state index in [4.69, 9.17) is 21.1 Å². The van der Waals surface area contributed by atoms with Gasteiger partial charge in [0.05, 0.1) is 22.2 Å². The number of ether oxygens (including phenoxy) is 2. The highest BCUT2D eigenvalue weighted by atomic mass is 35.5. The molecule has 1 N–H and O–H groups in total. The fraction of sp³-hybridized carbons (Fsp3) is 0.345. The molecule has 1 aliphatic heterocycles. The van der Waals surface area contributed by atoms with Crippen molar-refractivity contribution < 1.29 is 45.4 Å². The number of alkyl halides is 3. The topological polar surface area (TPSA) is 124 Å². The molecular weight excluding hydrogens is 644 g/mol. The number of aryl methyl sites for hydroxylation is 1. The van der Waals surface area contributed by atoms with Crippen LogP contribution in [0.15, 0.2) is 48.7 Å². The van der Waals surface area contributed by atoms with Gasteiger partial charge in [0.2, 0.25) is 0 Å². The van der Waals surface area contributed by atoms with Gasteiger partial charge in [-0.05, 0) is 76.1 Å². The van der Waals surface area contributed by atoms with Gasteiger partial charge in [-0.2, -0.15) is 13.2 Å². The molecule has 242 valence electrons. The summed E-state index contributed by atoms with van der Waals surface area (Å²) in [6, 6.07) is 6.61. The van der Waals surface area contributed by atoms with Crippen molar-refractivity contribution in [1.29, 1.82) is 0 Å². The second kappa shape index (κ2) is 13.2. The number of halogens is 5. The zero-order valence-corrected chi connectivity index (χ0v) is 26.0. The molecule has 2 aromatic carbocycles. The molecule has 1 saturated heterocycles. The Bertz CT molecular complexity index is 1640. The van der Waals surface area contributed by atoms with Gasteiger partial charge < -0.3 is 24.2 Å². The summed E-state index contributed by atoms with van der Waals surface area (Å²) in [4.78, 5) is 31.3. The molecule has 16 heteroatoms. The Balaban J connectivity index is 1.61. The van der Waals surface area contributed by atoms with Crippen molar-refractivity contribution in [3.05, 3.63) is 76.2 Å². The van der Waals surface area contributed by atoms with Gasteiger partial charge in [0.1, 0.15) is 28.7 Å². The molecule has 1 fully saturated rings. The lowest BCUT2D eigenvalue weighted by Gasteiger charge is -2.31. The molecule has 3 aromatic rings. The minimum Gasteiger partial charge on any atom is -0.755 e. The number of carbonyl (C=O) groups excluding carboxylic acids is 2. The maximum atomic E-state index is 13.7. The number of likely N-dealkylation sites (tertiary alicyclic amines) is 1. The first kappa shape index (κ1) is 33.9. The van der Waals surface area contributed by atoms with Crippen molar-refractivity contribution in [1.82, 2.24) is 9.88 Å². The first-order valence-electron chi connectivity index (χ1n) is 13.4. The maximum absolute atomic E-state index is 13.7. The molecule has 2 heterocycles. The Morgan fingerprint density at radius 2 is 1.84 bits per heavy atom. The minimum absolute atomic E-state index is 0.00218. The van der Waals surface area contributed by atoms with Gasteiger partial charge in [-0.3, -0.25) is 13.3 Å². The van der Waals surface area contributed by atoms with Gasteiger partial charge in [0, 0.05) is 42.3 Å². The Labute approximate surface area is 263 Å². The monoisotopic (exact) mass is 671 g/mol. The number of carbonyl (C=O) groups is 2. The molecule has 1 unspecified atom stereocenters. The van der Waals surface area contributed by atoms with E-state index in [0.717, 1.165) is 22.5 Å². The van der Waals surface area contributed by atoms with E-state index in [2.05, 4.69) is 10.3 Å². The SMILES string of the molecule is Cc1cc(F)ccc1Oc1cc(C(F)(F)F)c(Cl)cc1C(=O)Nc1ccnc(N([C@@H]2CCN(C(=O)OC(C)(C)C)C2)S(=O)[O-])c1. The van der Waals surface area contributed by atoms with Crippen LogP contribution in [-0.4, -0.2) is 55.4 Å². The number of pyridine rings is 1. The van der Waals surface area contributed by atoms with E-state index in [0.29, 0.717) is 6.07 Å². The number of anilines is 2. The summed E-state index contributed by atoms with van der Waals surface area (Å²) in [6.45, 7) is 6.85. The predicted octanol–water partition coefficient (Wildman–Crippen LogP) is 6.86. The van der Waals surface area contributed by atoms with Crippen LogP contribution in [0.4, 0.5) is 33.9 Å². The highest BCUT2D eigenvalue weighted by Gasteiger charge is 2.36. The van der Waals surface area contributed by atoms with Crippen molar-refractivity contribution >= 4 is 46.4 Å². The highest BCUT2D eigenvalue weighted by molar-refractivity contribution is 7.80. The lowest BCUT2D eigenvalue weighted by molar-refractivity contribution is -0.137. The zero-order chi connectivity index (χ0) is 33.3. The summed E-state index contributed by atoms with van der Waals surface area (Å²) in [5.74, 6) is -2.13. The van der Waals surface area contributed by atoms with Crippen molar-refractivity contribution in [3.63, 3.8) is 0 Å². The van der Waals surface area contributed by atoms with E-state index in [1.165, 1.54) is 36.2 Å². The van der Waals surface area contributed by atoms with E-state index in [9.17, 15) is 35.9 Å². The van der Waals surface area contributed by atoms with Gasteiger partial charge in [-0.1, -0.05) is 11.6 Å². The smallest absolute Gasteiger partial charge is 0.417 e. The molecule has 0 spiro atoms. The molecule has 10 nitrogen and oxygen atoms in total. The maximum Gasteiger partial charge on any atom is 0.417 e. The van der Waals surface area contributed by atoms with Crippen molar-refractivity contribution in [2.24, 2.45) is 0 Å². The first-order valence-corrected chi connectivity index (χ1v) is 14.8. The zero-order valence-electron chi connectivity index (χ0n) is 24.4. The quantitative estimate of drug-likeness (QED) is 0.215. The van der Waals surface area contributed by atoms with E-state index < -0.39 is 63.2 Å². The van der Waals surface area contributed by atoms with E-state index in [1.54, 1.807) is 20.8 Å². The van der Waals surface area contributed by atoms with Crippen LogP contribution in [0.5, 0.6) is 11.5 Å². The van der Waals surface area contributed by atoms with Crippen LogP contribution in [0, 0.1) is 12.7 Å². The molecule has 2 amide bonds. The third-order valence-corrected chi connectivity index (χ3v) is 7.63. The molecule has 4 rings (SSSR count). The predicted molar refractivity (Wildman–Crippen MR) is 157 cm³/mol. The molecule has 2 atom stereocenters. The van der Waals surface area contributed by atoms with Gasteiger partial charge in [-0.15, -0.1) is 0 Å². The van der Waals surface area contributed by atoms with Crippen LogP contribution >= 0.6 is 11.6 Å². The van der Waals surface area contributed by atoms with Gasteiger partial charge in [-0.25, -0.2) is 14.2 Å². The standard InChI is InChI=1S/C29H29ClF4N4O6S/c1-16-11-17(31)5-6-23(16)43-24-14-21(29(32,33)34)22(30)13-20(24)26(39)36-18-7-9-35-25(12-18)38(45(41)42)19-8-10-37(15-19)27(40)44-28(2,3)4/h5-7,9,11-14,19H,8,10,15H2,1-4H3,(H,41,42)(H,35,36,39)/p-1/t19-/m1/s1. The third kappa shape index (κ3) is 8.41. The number of amides is 2. The molecule has 45 heavy (non-hydrogen) atoms. The highest BCUT2D eigenvalue weighted by Crippen LogP contribution is 2.40. The summed E-state index contributed by atoms with van der Waals surface area (Å²) in [5, 5.41) is 1.73. The lowest BCUT2D eigenvalue weighted by atomic mass is 10.1. The second-order valence-corrected chi connectivity index (χ2v) is 12.3. The molecule has 0 radical (unpaired) electrons. The van der Waals surface area contributed by atoms with Gasteiger partial charge in [0.25, 0.3) is 5.91 Å². The van der Waals surface area contributed by atoms with Crippen molar-refractivity contribution in [2.45, 2.75) is 51.9 Å². The van der Waals surface area contributed by atoms with Gasteiger partial charge >= 0.3 is 12.3 Å². The number of benzene rings is 2. The normalized spacial score (nSPS) is 15.9. The van der Waals surface area contributed by atoms with Crippen LogP contribution in [-0.2, 0) is 22.2 Å². The van der Waals surface area contributed by atoms with Crippen LogP contribution in [0.2, 0.25) is 5.02 Å². The Hall–Kier alpha value is -3.95. The fourth-order valence-corrected chi connectivity index (χ4v) is 5.44. The average Bonchev–Trinajstić information content (AvgIpc) is 3.39. The van der Waals surface area contributed by atoms with Crippen molar-refractivity contribution in [3.8, 4) is 11.5 Å². The molecule has 1 aromatic heterocycles. The lowest BCUT2D eigenvalue weighted by Crippen LogP contribution is -2.41. The molecule has 0 saturated carbocycles. The number of nitrogens with one attached hydrogen (secondary N) is 1. The van der Waals surface area contributed by atoms with Crippen LogP contribution in [0.1, 0.15) is 48.7 Å². The number of nitrogens with zero attached hydrogens (tertiary/aromatic N) is 3. The number of rotatable bonds is 7.